The number of benzene rings is 2. The molecule has 0 aliphatic carbocycles. The smallest absolute Gasteiger partial charge is 0.340 e. The summed E-state index contributed by atoms with van der Waals surface area (Å²) in [5.41, 5.74) is 1.57. The lowest BCUT2D eigenvalue weighted by Gasteiger charge is -2.14. The minimum atomic E-state index is -0.576. The fourth-order valence-corrected chi connectivity index (χ4v) is 1.61. The van der Waals surface area contributed by atoms with E-state index in [4.69, 9.17) is 9.47 Å². The fraction of sp³-hybridized carbons (Fsp3) is 0.188. The zero-order chi connectivity index (χ0) is 13.5. The van der Waals surface area contributed by atoms with Crippen molar-refractivity contribution in [3.05, 3.63) is 71.8 Å². The van der Waals surface area contributed by atoms with Crippen molar-refractivity contribution in [2.45, 2.75) is 19.8 Å². The maximum Gasteiger partial charge on any atom is 0.340 e. The number of carbonyl (C=O) groups is 1. The summed E-state index contributed by atoms with van der Waals surface area (Å²) in [4.78, 5) is 11.8. The molecule has 3 nitrogen and oxygen atoms in total. The monoisotopic (exact) mass is 256 g/mol. The second kappa shape index (κ2) is 6.71. The lowest BCUT2D eigenvalue weighted by atomic mass is 10.2. The van der Waals surface area contributed by atoms with E-state index < -0.39 is 6.29 Å². The van der Waals surface area contributed by atoms with Gasteiger partial charge in [0.25, 0.3) is 0 Å². The fourth-order valence-electron chi connectivity index (χ4n) is 1.61. The lowest BCUT2D eigenvalue weighted by Crippen LogP contribution is -2.18. The summed E-state index contributed by atoms with van der Waals surface area (Å²) < 4.78 is 10.7. The summed E-state index contributed by atoms with van der Waals surface area (Å²) in [5.74, 6) is -0.374. The third kappa shape index (κ3) is 4.23. The summed E-state index contributed by atoms with van der Waals surface area (Å²) in [6.45, 7) is 2.13. The Morgan fingerprint density at radius 1 is 1.00 bits per heavy atom. The van der Waals surface area contributed by atoms with E-state index in [1.54, 1.807) is 31.2 Å². The quantitative estimate of drug-likeness (QED) is 0.607. The van der Waals surface area contributed by atoms with Crippen molar-refractivity contribution in [3.63, 3.8) is 0 Å². The molecule has 2 rings (SSSR count). The van der Waals surface area contributed by atoms with Crippen LogP contribution >= 0.6 is 0 Å². The first-order valence-corrected chi connectivity index (χ1v) is 6.17. The average Bonchev–Trinajstić information content (AvgIpc) is 2.47. The average molecular weight is 256 g/mol. The number of hydrogen-bond acceptors (Lipinski definition) is 3. The van der Waals surface area contributed by atoms with Crippen LogP contribution in [-0.4, -0.2) is 12.3 Å². The summed E-state index contributed by atoms with van der Waals surface area (Å²) in [6.07, 6.45) is -0.576. The molecule has 1 unspecified atom stereocenters. The highest BCUT2D eigenvalue weighted by Gasteiger charge is 2.11. The zero-order valence-corrected chi connectivity index (χ0v) is 10.8. The molecule has 0 aliphatic heterocycles. The Kier molecular flexibility index (Phi) is 4.70. The van der Waals surface area contributed by atoms with Crippen LogP contribution in [0.25, 0.3) is 0 Å². The van der Waals surface area contributed by atoms with E-state index in [9.17, 15) is 4.79 Å². The number of carbonyl (C=O) groups excluding carboxylic acids is 1. The molecule has 98 valence electrons. The molecule has 0 saturated heterocycles. The van der Waals surface area contributed by atoms with Gasteiger partial charge in [0.1, 0.15) is 0 Å². The van der Waals surface area contributed by atoms with Crippen LogP contribution in [0.15, 0.2) is 60.7 Å². The number of esters is 1. The van der Waals surface area contributed by atoms with Gasteiger partial charge < -0.3 is 9.47 Å². The van der Waals surface area contributed by atoms with Crippen molar-refractivity contribution in [2.75, 3.05) is 0 Å². The summed E-state index contributed by atoms with van der Waals surface area (Å²) >= 11 is 0. The number of ether oxygens (including phenoxy) is 2. The molecular weight excluding hydrogens is 240 g/mol. The van der Waals surface area contributed by atoms with E-state index in [1.807, 2.05) is 36.4 Å². The van der Waals surface area contributed by atoms with Crippen LogP contribution in [0.4, 0.5) is 0 Å². The lowest BCUT2D eigenvalue weighted by molar-refractivity contribution is -0.105. The van der Waals surface area contributed by atoms with E-state index in [0.29, 0.717) is 12.2 Å². The third-order valence-electron chi connectivity index (χ3n) is 2.61. The molecular formula is C16H16O3. The molecule has 3 heteroatoms. The first-order valence-electron chi connectivity index (χ1n) is 6.17. The Bertz CT molecular complexity index is 508. The van der Waals surface area contributed by atoms with Gasteiger partial charge in [0.05, 0.1) is 12.2 Å². The molecule has 19 heavy (non-hydrogen) atoms. The third-order valence-corrected chi connectivity index (χ3v) is 2.61. The van der Waals surface area contributed by atoms with E-state index in [1.165, 1.54) is 0 Å². The summed E-state index contributed by atoms with van der Waals surface area (Å²) in [5, 5.41) is 0. The van der Waals surface area contributed by atoms with Gasteiger partial charge in [-0.3, -0.25) is 0 Å². The van der Waals surface area contributed by atoms with Crippen LogP contribution in [0.1, 0.15) is 22.8 Å². The van der Waals surface area contributed by atoms with Crippen LogP contribution in [0.5, 0.6) is 0 Å². The van der Waals surface area contributed by atoms with Gasteiger partial charge in [-0.1, -0.05) is 48.5 Å². The highest BCUT2D eigenvalue weighted by atomic mass is 16.7. The molecule has 2 aromatic rings. The van der Waals surface area contributed by atoms with Crippen molar-refractivity contribution in [1.29, 1.82) is 0 Å². The molecule has 0 saturated carbocycles. The van der Waals surface area contributed by atoms with Gasteiger partial charge in [0.15, 0.2) is 0 Å². The molecule has 0 amide bonds. The first kappa shape index (κ1) is 13.3. The van der Waals surface area contributed by atoms with Crippen molar-refractivity contribution in [1.82, 2.24) is 0 Å². The molecule has 0 aliphatic rings. The van der Waals surface area contributed by atoms with E-state index in [2.05, 4.69) is 0 Å². The number of hydrogen-bond donors (Lipinski definition) is 0. The van der Waals surface area contributed by atoms with E-state index in [0.717, 1.165) is 5.56 Å². The first-order chi connectivity index (χ1) is 9.25. The van der Waals surface area contributed by atoms with Gasteiger partial charge in [-0.2, -0.15) is 0 Å². The molecule has 0 spiro atoms. The zero-order valence-electron chi connectivity index (χ0n) is 10.8. The highest BCUT2D eigenvalue weighted by molar-refractivity contribution is 5.89. The molecule has 0 fully saturated rings. The van der Waals surface area contributed by atoms with Crippen LogP contribution in [0, 0.1) is 0 Å². The van der Waals surface area contributed by atoms with Gasteiger partial charge in [-0.15, -0.1) is 0 Å². The molecule has 0 radical (unpaired) electrons. The van der Waals surface area contributed by atoms with Gasteiger partial charge in [-0.05, 0) is 24.6 Å². The van der Waals surface area contributed by atoms with E-state index >= 15 is 0 Å². The molecule has 2 aromatic carbocycles. The Balaban J connectivity index is 1.81. The van der Waals surface area contributed by atoms with Gasteiger partial charge in [0.2, 0.25) is 6.29 Å². The van der Waals surface area contributed by atoms with Crippen molar-refractivity contribution in [3.8, 4) is 0 Å². The van der Waals surface area contributed by atoms with Crippen molar-refractivity contribution < 1.29 is 14.3 Å². The molecule has 0 bridgehead atoms. The standard InChI is InChI=1S/C16H16O3/c1-13(18-12-14-8-4-2-5-9-14)19-16(17)15-10-6-3-7-11-15/h2-11,13H,12H2,1H3. The number of rotatable bonds is 5. The topological polar surface area (TPSA) is 35.5 Å². The van der Waals surface area contributed by atoms with Crippen LogP contribution in [0.3, 0.4) is 0 Å². The van der Waals surface area contributed by atoms with Crippen molar-refractivity contribution >= 4 is 5.97 Å². The summed E-state index contributed by atoms with van der Waals surface area (Å²) in [7, 11) is 0. The van der Waals surface area contributed by atoms with Crippen LogP contribution in [0.2, 0.25) is 0 Å². The highest BCUT2D eigenvalue weighted by Crippen LogP contribution is 2.07. The summed E-state index contributed by atoms with van der Waals surface area (Å²) in [6, 6.07) is 18.6. The predicted molar refractivity (Wildman–Crippen MR) is 72.6 cm³/mol. The maximum absolute atomic E-state index is 11.8. The molecule has 0 heterocycles. The van der Waals surface area contributed by atoms with Gasteiger partial charge in [-0.25, -0.2) is 4.79 Å². The normalized spacial score (nSPS) is 11.8. The minimum absolute atomic E-state index is 0.374. The SMILES string of the molecule is CC(OCc1ccccc1)OC(=O)c1ccccc1. The molecule has 0 aromatic heterocycles. The second-order valence-corrected chi connectivity index (χ2v) is 4.14. The van der Waals surface area contributed by atoms with E-state index in [-0.39, 0.29) is 5.97 Å². The Morgan fingerprint density at radius 3 is 2.21 bits per heavy atom. The maximum atomic E-state index is 11.8. The minimum Gasteiger partial charge on any atom is -0.432 e. The van der Waals surface area contributed by atoms with Crippen LogP contribution < -0.4 is 0 Å². The Labute approximate surface area is 112 Å². The van der Waals surface area contributed by atoms with Crippen LogP contribution in [-0.2, 0) is 16.1 Å². The molecule has 0 N–H and O–H groups in total. The van der Waals surface area contributed by atoms with Gasteiger partial charge >= 0.3 is 5.97 Å². The Morgan fingerprint density at radius 2 is 1.58 bits per heavy atom. The van der Waals surface area contributed by atoms with Gasteiger partial charge in [0, 0.05) is 0 Å². The van der Waals surface area contributed by atoms with Crippen molar-refractivity contribution in [2.24, 2.45) is 0 Å². The molecule has 1 atom stereocenters. The Hall–Kier alpha value is -2.13. The predicted octanol–water partition coefficient (Wildman–Crippen LogP) is 3.41. The second-order valence-electron chi connectivity index (χ2n) is 4.14. The largest absolute Gasteiger partial charge is 0.432 e.